The molecule has 130 valence electrons. The monoisotopic (exact) mass is 349 g/mol. The van der Waals surface area contributed by atoms with Crippen molar-refractivity contribution in [1.82, 2.24) is 0 Å². The normalized spacial score (nSPS) is 10.4. The molecule has 4 rings (SSSR count). The van der Waals surface area contributed by atoms with Gasteiger partial charge in [0.05, 0.1) is 0 Å². The van der Waals surface area contributed by atoms with Crippen LogP contribution in [0, 0.1) is 0 Å². The van der Waals surface area contributed by atoms with Crippen molar-refractivity contribution in [2.24, 2.45) is 0 Å². The smallest absolute Gasteiger partial charge is 0.255 e. The van der Waals surface area contributed by atoms with Crippen molar-refractivity contribution in [2.75, 3.05) is 5.32 Å². The van der Waals surface area contributed by atoms with E-state index in [1.165, 1.54) is 0 Å². The van der Waals surface area contributed by atoms with Crippen LogP contribution in [0.1, 0.15) is 10.4 Å². The molecule has 2 nitrogen and oxygen atoms in total. The van der Waals surface area contributed by atoms with Crippen molar-refractivity contribution in [3.8, 4) is 22.3 Å². The van der Waals surface area contributed by atoms with Crippen LogP contribution in [-0.2, 0) is 0 Å². The third kappa shape index (κ3) is 3.96. The zero-order valence-corrected chi connectivity index (χ0v) is 14.8. The maximum Gasteiger partial charge on any atom is 0.255 e. The fourth-order valence-electron chi connectivity index (χ4n) is 3.05. The van der Waals surface area contributed by atoms with Gasteiger partial charge in [-0.25, -0.2) is 0 Å². The average Bonchev–Trinajstić information content (AvgIpc) is 2.75. The SMILES string of the molecule is O=C(Nc1ccc(-c2ccccc2)cc1)c1cccc(-c2ccccc2)c1. The minimum atomic E-state index is -0.111. The van der Waals surface area contributed by atoms with Crippen molar-refractivity contribution in [1.29, 1.82) is 0 Å². The molecule has 0 unspecified atom stereocenters. The molecule has 4 aromatic rings. The Labute approximate surface area is 159 Å². The third-order valence-corrected chi connectivity index (χ3v) is 4.48. The number of nitrogens with one attached hydrogen (secondary N) is 1. The molecule has 0 spiro atoms. The molecule has 0 aromatic heterocycles. The van der Waals surface area contributed by atoms with Crippen LogP contribution in [0.5, 0.6) is 0 Å². The van der Waals surface area contributed by atoms with Crippen LogP contribution in [0.25, 0.3) is 22.3 Å². The lowest BCUT2D eigenvalue weighted by atomic mass is 10.0. The lowest BCUT2D eigenvalue weighted by molar-refractivity contribution is 0.102. The Kier molecular flexibility index (Phi) is 4.80. The summed E-state index contributed by atoms with van der Waals surface area (Å²) in [6, 6.07) is 35.8. The number of carbonyl (C=O) groups is 1. The summed E-state index contributed by atoms with van der Waals surface area (Å²) in [5, 5.41) is 2.98. The molecule has 0 aliphatic heterocycles. The first kappa shape index (κ1) is 16.8. The molecule has 0 saturated carbocycles. The van der Waals surface area contributed by atoms with E-state index in [1.54, 1.807) is 0 Å². The molecular formula is C25H19NO. The number of hydrogen-bond acceptors (Lipinski definition) is 1. The van der Waals surface area contributed by atoms with Gasteiger partial charge in [0.25, 0.3) is 5.91 Å². The maximum absolute atomic E-state index is 12.6. The maximum atomic E-state index is 12.6. The fourth-order valence-corrected chi connectivity index (χ4v) is 3.05. The molecule has 4 aromatic carbocycles. The summed E-state index contributed by atoms with van der Waals surface area (Å²) in [5.41, 5.74) is 5.83. The lowest BCUT2D eigenvalue weighted by Gasteiger charge is -2.08. The van der Waals surface area contributed by atoms with Gasteiger partial charge < -0.3 is 5.32 Å². The summed E-state index contributed by atoms with van der Waals surface area (Å²) in [4.78, 5) is 12.6. The minimum Gasteiger partial charge on any atom is -0.322 e. The van der Waals surface area contributed by atoms with Crippen molar-refractivity contribution in [3.63, 3.8) is 0 Å². The summed E-state index contributed by atoms with van der Waals surface area (Å²) < 4.78 is 0. The van der Waals surface area contributed by atoms with Gasteiger partial charge in [0.1, 0.15) is 0 Å². The lowest BCUT2D eigenvalue weighted by Crippen LogP contribution is -2.11. The zero-order valence-electron chi connectivity index (χ0n) is 14.8. The van der Waals surface area contributed by atoms with E-state index in [9.17, 15) is 4.79 Å². The second kappa shape index (κ2) is 7.71. The fraction of sp³-hybridized carbons (Fsp3) is 0. The molecule has 1 amide bonds. The highest BCUT2D eigenvalue weighted by Crippen LogP contribution is 2.23. The summed E-state index contributed by atoms with van der Waals surface area (Å²) in [6.07, 6.45) is 0. The summed E-state index contributed by atoms with van der Waals surface area (Å²) in [6.45, 7) is 0. The van der Waals surface area contributed by atoms with Gasteiger partial charge in [-0.2, -0.15) is 0 Å². The standard InChI is InChI=1S/C25H19NO/c27-25(23-13-7-12-22(18-23)20-10-5-2-6-11-20)26-24-16-14-21(15-17-24)19-8-3-1-4-9-19/h1-18H,(H,26,27). The van der Waals surface area contributed by atoms with Gasteiger partial charge in [-0.1, -0.05) is 84.9 Å². The van der Waals surface area contributed by atoms with Gasteiger partial charge in [0, 0.05) is 11.3 Å². The zero-order chi connectivity index (χ0) is 18.5. The summed E-state index contributed by atoms with van der Waals surface area (Å²) in [5.74, 6) is -0.111. The number of hydrogen-bond donors (Lipinski definition) is 1. The van der Waals surface area contributed by atoms with Crippen LogP contribution in [0.15, 0.2) is 109 Å². The highest BCUT2D eigenvalue weighted by Gasteiger charge is 2.08. The Morgan fingerprint density at radius 2 is 1.04 bits per heavy atom. The molecule has 0 saturated heterocycles. The van der Waals surface area contributed by atoms with Gasteiger partial charge in [-0.15, -0.1) is 0 Å². The van der Waals surface area contributed by atoms with E-state index in [-0.39, 0.29) is 5.91 Å². The summed E-state index contributed by atoms with van der Waals surface area (Å²) in [7, 11) is 0. The quantitative estimate of drug-likeness (QED) is 0.462. The van der Waals surface area contributed by atoms with Crippen molar-refractivity contribution in [3.05, 3.63) is 115 Å². The molecule has 2 heteroatoms. The third-order valence-electron chi connectivity index (χ3n) is 4.48. The molecule has 0 fully saturated rings. The first-order valence-electron chi connectivity index (χ1n) is 8.92. The second-order valence-corrected chi connectivity index (χ2v) is 6.34. The number of amides is 1. The van der Waals surface area contributed by atoms with E-state index in [1.807, 2.05) is 97.1 Å². The van der Waals surface area contributed by atoms with Gasteiger partial charge in [-0.3, -0.25) is 4.79 Å². The topological polar surface area (TPSA) is 29.1 Å². The second-order valence-electron chi connectivity index (χ2n) is 6.34. The minimum absolute atomic E-state index is 0.111. The Morgan fingerprint density at radius 1 is 0.519 bits per heavy atom. The van der Waals surface area contributed by atoms with Crippen LogP contribution in [0.4, 0.5) is 5.69 Å². The summed E-state index contributed by atoms with van der Waals surface area (Å²) >= 11 is 0. The highest BCUT2D eigenvalue weighted by atomic mass is 16.1. The predicted octanol–water partition coefficient (Wildman–Crippen LogP) is 6.27. The number of carbonyl (C=O) groups excluding carboxylic acids is 1. The Hall–Kier alpha value is -3.65. The highest BCUT2D eigenvalue weighted by molar-refractivity contribution is 6.05. The molecular weight excluding hydrogens is 330 g/mol. The number of anilines is 1. The molecule has 0 aliphatic rings. The van der Waals surface area contributed by atoms with E-state index < -0.39 is 0 Å². The Morgan fingerprint density at radius 3 is 1.67 bits per heavy atom. The van der Waals surface area contributed by atoms with Gasteiger partial charge >= 0.3 is 0 Å². The van der Waals surface area contributed by atoms with Crippen LogP contribution in [0.3, 0.4) is 0 Å². The molecule has 1 N–H and O–H groups in total. The van der Waals surface area contributed by atoms with Crippen LogP contribution in [0.2, 0.25) is 0 Å². The van der Waals surface area contributed by atoms with E-state index in [4.69, 9.17) is 0 Å². The largest absolute Gasteiger partial charge is 0.322 e. The molecule has 0 radical (unpaired) electrons. The molecule has 0 aliphatic carbocycles. The Balaban J connectivity index is 1.51. The number of benzene rings is 4. The first-order chi connectivity index (χ1) is 13.3. The number of rotatable bonds is 4. The van der Waals surface area contributed by atoms with Crippen LogP contribution >= 0.6 is 0 Å². The first-order valence-corrected chi connectivity index (χ1v) is 8.92. The van der Waals surface area contributed by atoms with E-state index in [0.717, 1.165) is 27.9 Å². The van der Waals surface area contributed by atoms with Crippen molar-refractivity contribution in [2.45, 2.75) is 0 Å². The van der Waals surface area contributed by atoms with Crippen molar-refractivity contribution < 1.29 is 4.79 Å². The molecule has 0 heterocycles. The van der Waals surface area contributed by atoms with E-state index >= 15 is 0 Å². The van der Waals surface area contributed by atoms with Crippen molar-refractivity contribution >= 4 is 11.6 Å². The van der Waals surface area contributed by atoms with Crippen LogP contribution < -0.4 is 5.32 Å². The molecule has 0 bridgehead atoms. The van der Waals surface area contributed by atoms with Gasteiger partial charge in [-0.05, 0) is 46.5 Å². The van der Waals surface area contributed by atoms with Gasteiger partial charge in [0.15, 0.2) is 0 Å². The molecule has 0 atom stereocenters. The van der Waals surface area contributed by atoms with Gasteiger partial charge in [0.2, 0.25) is 0 Å². The van der Waals surface area contributed by atoms with Crippen LogP contribution in [-0.4, -0.2) is 5.91 Å². The van der Waals surface area contributed by atoms with E-state index in [2.05, 4.69) is 17.4 Å². The predicted molar refractivity (Wildman–Crippen MR) is 112 cm³/mol. The average molecular weight is 349 g/mol. The molecule has 27 heavy (non-hydrogen) atoms. The van der Waals surface area contributed by atoms with E-state index in [0.29, 0.717) is 5.56 Å². The Bertz CT molecular complexity index is 1040.